The molecule has 0 fully saturated rings. The lowest BCUT2D eigenvalue weighted by molar-refractivity contribution is -0.471. The van der Waals surface area contributed by atoms with Crippen molar-refractivity contribution in [2.24, 2.45) is 5.92 Å². The average Bonchev–Trinajstić information content (AvgIpc) is 2.10. The van der Waals surface area contributed by atoms with Crippen LogP contribution in [0.5, 0.6) is 0 Å². The molecule has 0 spiro atoms. The van der Waals surface area contributed by atoms with Gasteiger partial charge in [0, 0.05) is 23.0 Å². The number of aliphatic hydroxyl groups is 1. The summed E-state index contributed by atoms with van der Waals surface area (Å²) in [6.07, 6.45) is 3.68. The fraction of sp³-hybridized carbons (Fsp3) is 0.778. The highest BCUT2D eigenvalue weighted by Crippen LogP contribution is 2.11. The number of nitrogens with zero attached hydrogens (tertiary/aromatic N) is 1. The Labute approximate surface area is 78.4 Å². The summed E-state index contributed by atoms with van der Waals surface area (Å²) in [6, 6.07) is 0. The Morgan fingerprint density at radius 2 is 2.31 bits per heavy atom. The number of hydrogen-bond acceptors (Lipinski definition) is 3. The molecule has 1 unspecified atom stereocenters. The molecule has 0 rings (SSSR count). The van der Waals surface area contributed by atoms with Crippen molar-refractivity contribution >= 4 is 0 Å². The summed E-state index contributed by atoms with van der Waals surface area (Å²) < 4.78 is 0. The number of rotatable bonds is 6. The van der Waals surface area contributed by atoms with Crippen LogP contribution < -0.4 is 0 Å². The highest BCUT2D eigenvalue weighted by atomic mass is 16.6. The van der Waals surface area contributed by atoms with E-state index in [0.29, 0.717) is 0 Å². The Kier molecular flexibility index (Phi) is 6.14. The molecule has 0 saturated carbocycles. The molecule has 1 N–H and O–H groups in total. The van der Waals surface area contributed by atoms with Crippen molar-refractivity contribution in [1.29, 1.82) is 0 Å². The zero-order chi connectivity index (χ0) is 10.3. The van der Waals surface area contributed by atoms with Crippen molar-refractivity contribution in [3.05, 3.63) is 21.8 Å². The molecule has 0 aromatic heterocycles. The monoisotopic (exact) mass is 187 g/mol. The van der Waals surface area contributed by atoms with Crippen LogP contribution in [0.1, 0.15) is 26.7 Å². The van der Waals surface area contributed by atoms with Crippen LogP contribution in [0, 0.1) is 16.0 Å². The summed E-state index contributed by atoms with van der Waals surface area (Å²) in [7, 11) is 0. The molecule has 0 aliphatic heterocycles. The first-order chi connectivity index (χ1) is 6.11. The number of aliphatic hydroxyl groups excluding tert-OH is 1. The number of nitro groups is 1. The first-order valence-electron chi connectivity index (χ1n) is 4.53. The molecule has 0 saturated heterocycles. The molecule has 0 bridgehead atoms. The molecule has 76 valence electrons. The SMILES string of the molecule is CCCC=C(C[N+](=O)[O-])C(C)CO. The Bertz CT molecular complexity index is 189. The van der Waals surface area contributed by atoms with Gasteiger partial charge in [0.15, 0.2) is 0 Å². The van der Waals surface area contributed by atoms with Gasteiger partial charge in [-0.05, 0) is 6.42 Å². The molecule has 0 aliphatic rings. The molecule has 1 atom stereocenters. The van der Waals surface area contributed by atoms with E-state index in [1.54, 1.807) is 6.92 Å². The summed E-state index contributed by atoms with van der Waals surface area (Å²) >= 11 is 0. The van der Waals surface area contributed by atoms with Crippen molar-refractivity contribution in [1.82, 2.24) is 0 Å². The summed E-state index contributed by atoms with van der Waals surface area (Å²) in [6.45, 7) is 3.64. The highest BCUT2D eigenvalue weighted by Gasteiger charge is 2.12. The molecule has 0 amide bonds. The van der Waals surface area contributed by atoms with Gasteiger partial charge in [-0.15, -0.1) is 0 Å². The Morgan fingerprint density at radius 1 is 1.69 bits per heavy atom. The van der Waals surface area contributed by atoms with Gasteiger partial charge in [-0.3, -0.25) is 10.1 Å². The molecule has 0 radical (unpaired) electrons. The van der Waals surface area contributed by atoms with E-state index in [9.17, 15) is 10.1 Å². The van der Waals surface area contributed by atoms with E-state index in [1.807, 2.05) is 13.0 Å². The highest BCUT2D eigenvalue weighted by molar-refractivity contribution is 5.05. The van der Waals surface area contributed by atoms with E-state index in [2.05, 4.69) is 0 Å². The molecular weight excluding hydrogens is 170 g/mol. The van der Waals surface area contributed by atoms with Crippen LogP contribution in [0.25, 0.3) is 0 Å². The van der Waals surface area contributed by atoms with Gasteiger partial charge < -0.3 is 5.11 Å². The Hall–Kier alpha value is -0.900. The summed E-state index contributed by atoms with van der Waals surface area (Å²) in [5.41, 5.74) is 0.731. The maximum absolute atomic E-state index is 10.3. The second-order valence-corrected chi connectivity index (χ2v) is 3.14. The van der Waals surface area contributed by atoms with E-state index in [1.165, 1.54) is 0 Å². The number of hydrogen-bond donors (Lipinski definition) is 1. The minimum atomic E-state index is -0.354. The molecule has 4 heteroatoms. The van der Waals surface area contributed by atoms with Crippen LogP contribution in [0.3, 0.4) is 0 Å². The van der Waals surface area contributed by atoms with Crippen molar-refractivity contribution < 1.29 is 10.0 Å². The van der Waals surface area contributed by atoms with Crippen LogP contribution in [0.2, 0.25) is 0 Å². The van der Waals surface area contributed by atoms with Crippen molar-refractivity contribution in [2.75, 3.05) is 13.2 Å². The van der Waals surface area contributed by atoms with Crippen LogP contribution in [0.4, 0.5) is 0 Å². The summed E-state index contributed by atoms with van der Waals surface area (Å²) in [5.74, 6) is -0.100. The van der Waals surface area contributed by atoms with Gasteiger partial charge in [-0.25, -0.2) is 0 Å². The fourth-order valence-electron chi connectivity index (χ4n) is 1.02. The standard InChI is InChI=1S/C9H17NO3/c1-3-4-5-9(6-10(12)13)8(2)7-11/h5,8,11H,3-4,6-7H2,1-2H3. The van der Waals surface area contributed by atoms with E-state index >= 15 is 0 Å². The van der Waals surface area contributed by atoms with Gasteiger partial charge in [-0.2, -0.15) is 0 Å². The van der Waals surface area contributed by atoms with Gasteiger partial charge in [0.25, 0.3) is 0 Å². The molecule has 0 aromatic carbocycles. The van der Waals surface area contributed by atoms with Crippen molar-refractivity contribution in [3.8, 4) is 0 Å². The normalized spacial score (nSPS) is 14.2. The molecule has 13 heavy (non-hydrogen) atoms. The average molecular weight is 187 g/mol. The van der Waals surface area contributed by atoms with E-state index in [0.717, 1.165) is 18.4 Å². The number of unbranched alkanes of at least 4 members (excludes halogenated alkanes) is 1. The quantitative estimate of drug-likeness (QED) is 0.390. The zero-order valence-electron chi connectivity index (χ0n) is 8.19. The molecule has 4 nitrogen and oxygen atoms in total. The second-order valence-electron chi connectivity index (χ2n) is 3.14. The van der Waals surface area contributed by atoms with Crippen LogP contribution in [-0.4, -0.2) is 23.2 Å². The third kappa shape index (κ3) is 5.36. The summed E-state index contributed by atoms with van der Waals surface area (Å²) in [4.78, 5) is 9.92. The van der Waals surface area contributed by atoms with Gasteiger partial charge in [0.05, 0.1) is 0 Å². The second kappa shape index (κ2) is 6.60. The van der Waals surface area contributed by atoms with Gasteiger partial charge >= 0.3 is 0 Å². The number of allylic oxidation sites excluding steroid dienone is 1. The van der Waals surface area contributed by atoms with Crippen molar-refractivity contribution in [3.63, 3.8) is 0 Å². The largest absolute Gasteiger partial charge is 0.396 e. The predicted octanol–water partition coefficient (Wildman–Crippen LogP) is 1.62. The molecule has 0 aliphatic carbocycles. The maximum atomic E-state index is 10.3. The van der Waals surface area contributed by atoms with E-state index in [4.69, 9.17) is 5.11 Å². The molecule has 0 aromatic rings. The summed E-state index contributed by atoms with van der Waals surface area (Å²) in [5, 5.41) is 19.1. The van der Waals surface area contributed by atoms with Gasteiger partial charge in [0.2, 0.25) is 6.54 Å². The smallest absolute Gasteiger partial charge is 0.225 e. The van der Waals surface area contributed by atoms with E-state index in [-0.39, 0.29) is 24.0 Å². The minimum Gasteiger partial charge on any atom is -0.396 e. The first-order valence-corrected chi connectivity index (χ1v) is 4.53. The van der Waals surface area contributed by atoms with Gasteiger partial charge in [-0.1, -0.05) is 26.3 Å². The lowest BCUT2D eigenvalue weighted by atomic mass is 10.0. The molecule has 0 heterocycles. The van der Waals surface area contributed by atoms with Crippen LogP contribution in [-0.2, 0) is 0 Å². The third-order valence-corrected chi connectivity index (χ3v) is 1.91. The fourth-order valence-corrected chi connectivity index (χ4v) is 1.02. The Balaban J connectivity index is 4.26. The Morgan fingerprint density at radius 3 is 2.69 bits per heavy atom. The minimum absolute atomic E-state index is 0.0244. The predicted molar refractivity (Wildman–Crippen MR) is 51.1 cm³/mol. The molecular formula is C9H17NO3. The topological polar surface area (TPSA) is 63.4 Å². The lowest BCUT2D eigenvalue weighted by Gasteiger charge is -2.09. The maximum Gasteiger partial charge on any atom is 0.225 e. The zero-order valence-corrected chi connectivity index (χ0v) is 8.19. The van der Waals surface area contributed by atoms with E-state index < -0.39 is 0 Å². The third-order valence-electron chi connectivity index (χ3n) is 1.91. The first kappa shape index (κ1) is 12.1. The van der Waals surface area contributed by atoms with Crippen molar-refractivity contribution in [2.45, 2.75) is 26.7 Å². The van der Waals surface area contributed by atoms with Crippen LogP contribution >= 0.6 is 0 Å². The lowest BCUT2D eigenvalue weighted by Crippen LogP contribution is -2.13. The van der Waals surface area contributed by atoms with Crippen LogP contribution in [0.15, 0.2) is 11.6 Å². The van der Waals surface area contributed by atoms with Gasteiger partial charge in [0.1, 0.15) is 0 Å².